The molecule has 1 unspecified atom stereocenters. The van der Waals surface area contributed by atoms with Gasteiger partial charge in [0.05, 0.1) is 5.69 Å². The first-order valence-electron chi connectivity index (χ1n) is 5.73. The summed E-state index contributed by atoms with van der Waals surface area (Å²) in [5, 5.41) is 11.4. The van der Waals surface area contributed by atoms with Gasteiger partial charge in [0, 0.05) is 28.5 Å². The monoisotopic (exact) mass is 247 g/mol. The van der Waals surface area contributed by atoms with E-state index in [2.05, 4.69) is 42.4 Å². The number of hydrogen-bond acceptors (Lipinski definition) is 4. The first-order valence-corrected chi connectivity index (χ1v) is 6.55. The summed E-state index contributed by atoms with van der Waals surface area (Å²) >= 11 is 1.85. The lowest BCUT2D eigenvalue weighted by Crippen LogP contribution is -2.19. The van der Waals surface area contributed by atoms with E-state index in [0.717, 1.165) is 12.2 Å². The largest absolute Gasteiger partial charge is 0.304 e. The molecule has 1 atom stereocenters. The van der Waals surface area contributed by atoms with E-state index in [1.54, 1.807) is 6.20 Å². The lowest BCUT2D eigenvalue weighted by molar-refractivity contribution is 0.563. The summed E-state index contributed by atoms with van der Waals surface area (Å²) in [7, 11) is 0. The lowest BCUT2D eigenvalue weighted by Gasteiger charge is -2.13. The van der Waals surface area contributed by atoms with E-state index in [0.29, 0.717) is 6.04 Å². The maximum Gasteiger partial charge on any atom is 0.0769 e. The van der Waals surface area contributed by atoms with E-state index in [4.69, 9.17) is 0 Å². The van der Waals surface area contributed by atoms with Gasteiger partial charge in [0.2, 0.25) is 0 Å². The number of thiophene rings is 1. The first-order chi connectivity index (χ1) is 8.16. The minimum Gasteiger partial charge on any atom is -0.304 e. The molecular formula is C13H17N3S. The fourth-order valence-electron chi connectivity index (χ4n) is 1.88. The summed E-state index contributed by atoms with van der Waals surface area (Å²) in [6.07, 6.45) is 1.69. The molecule has 2 rings (SSSR count). The van der Waals surface area contributed by atoms with Crippen molar-refractivity contribution in [3.8, 4) is 0 Å². The summed E-state index contributed by atoms with van der Waals surface area (Å²) in [6, 6.07) is 6.50. The van der Waals surface area contributed by atoms with Crippen LogP contribution in [-0.4, -0.2) is 10.2 Å². The highest BCUT2D eigenvalue weighted by Crippen LogP contribution is 2.26. The van der Waals surface area contributed by atoms with E-state index < -0.39 is 0 Å². The van der Waals surface area contributed by atoms with Crippen LogP contribution in [0.5, 0.6) is 0 Å². The zero-order chi connectivity index (χ0) is 12.3. The van der Waals surface area contributed by atoms with Gasteiger partial charge >= 0.3 is 0 Å². The van der Waals surface area contributed by atoms with Crippen LogP contribution >= 0.6 is 11.3 Å². The molecule has 2 aromatic heterocycles. The Morgan fingerprint density at radius 3 is 2.82 bits per heavy atom. The molecule has 0 bridgehead atoms. The third-order valence-electron chi connectivity index (χ3n) is 2.76. The van der Waals surface area contributed by atoms with Gasteiger partial charge in [-0.3, -0.25) is 0 Å². The fourth-order valence-corrected chi connectivity index (χ4v) is 2.90. The van der Waals surface area contributed by atoms with Crippen LogP contribution in [0.3, 0.4) is 0 Å². The third-order valence-corrected chi connectivity index (χ3v) is 3.74. The SMILES string of the molecule is Cc1cc(C(C)NCc2cccnn2)c(C)s1. The number of nitrogens with one attached hydrogen (secondary N) is 1. The molecule has 3 nitrogen and oxygen atoms in total. The minimum absolute atomic E-state index is 0.349. The molecule has 0 aliphatic rings. The minimum atomic E-state index is 0.349. The number of hydrogen-bond donors (Lipinski definition) is 1. The van der Waals surface area contributed by atoms with E-state index in [-0.39, 0.29) is 0 Å². The zero-order valence-corrected chi connectivity index (χ0v) is 11.2. The quantitative estimate of drug-likeness (QED) is 0.902. The van der Waals surface area contributed by atoms with Crippen molar-refractivity contribution in [3.05, 3.63) is 45.4 Å². The van der Waals surface area contributed by atoms with Crippen molar-refractivity contribution >= 4 is 11.3 Å². The zero-order valence-electron chi connectivity index (χ0n) is 10.4. The van der Waals surface area contributed by atoms with Gasteiger partial charge in [0.15, 0.2) is 0 Å². The highest BCUT2D eigenvalue weighted by Gasteiger charge is 2.10. The molecule has 0 aliphatic carbocycles. The third kappa shape index (κ3) is 3.11. The molecular weight excluding hydrogens is 230 g/mol. The van der Waals surface area contributed by atoms with Gasteiger partial charge < -0.3 is 5.32 Å². The van der Waals surface area contributed by atoms with Crippen LogP contribution in [-0.2, 0) is 6.54 Å². The first kappa shape index (κ1) is 12.2. The average molecular weight is 247 g/mol. The molecule has 0 fully saturated rings. The molecule has 1 N–H and O–H groups in total. The Morgan fingerprint density at radius 1 is 1.41 bits per heavy atom. The van der Waals surface area contributed by atoms with E-state index >= 15 is 0 Å². The highest BCUT2D eigenvalue weighted by atomic mass is 32.1. The smallest absolute Gasteiger partial charge is 0.0769 e. The molecule has 0 amide bonds. The van der Waals surface area contributed by atoms with Crippen molar-refractivity contribution in [1.29, 1.82) is 0 Å². The topological polar surface area (TPSA) is 37.8 Å². The van der Waals surface area contributed by atoms with Gasteiger partial charge in [-0.25, -0.2) is 0 Å². The molecule has 0 radical (unpaired) electrons. The van der Waals surface area contributed by atoms with Gasteiger partial charge in [0.25, 0.3) is 0 Å². The van der Waals surface area contributed by atoms with Crippen molar-refractivity contribution in [2.75, 3.05) is 0 Å². The Labute approximate surface area is 106 Å². The van der Waals surface area contributed by atoms with Gasteiger partial charge in [0.1, 0.15) is 0 Å². The molecule has 2 heterocycles. The summed E-state index contributed by atoms with van der Waals surface area (Å²) in [5.41, 5.74) is 2.36. The lowest BCUT2D eigenvalue weighted by atomic mass is 10.1. The maximum absolute atomic E-state index is 4.06. The number of rotatable bonds is 4. The van der Waals surface area contributed by atoms with Crippen LogP contribution in [0.4, 0.5) is 0 Å². The molecule has 0 aromatic carbocycles. The number of nitrogens with zero attached hydrogens (tertiary/aromatic N) is 2. The molecule has 4 heteroatoms. The van der Waals surface area contributed by atoms with Crippen molar-refractivity contribution in [2.24, 2.45) is 0 Å². The standard InChI is InChI=1S/C13H17N3S/c1-9-7-13(11(3)17-9)10(2)14-8-12-5-4-6-15-16-12/h4-7,10,14H,8H2,1-3H3. The summed E-state index contributed by atoms with van der Waals surface area (Å²) < 4.78 is 0. The Balaban J connectivity index is 1.98. The van der Waals surface area contributed by atoms with Crippen molar-refractivity contribution in [2.45, 2.75) is 33.4 Å². The van der Waals surface area contributed by atoms with Crippen LogP contribution in [0.25, 0.3) is 0 Å². The molecule has 0 spiro atoms. The van der Waals surface area contributed by atoms with E-state index in [9.17, 15) is 0 Å². The van der Waals surface area contributed by atoms with Gasteiger partial charge in [-0.1, -0.05) is 0 Å². The second-order valence-corrected chi connectivity index (χ2v) is 5.65. The van der Waals surface area contributed by atoms with Crippen LogP contribution in [0.1, 0.15) is 34.0 Å². The van der Waals surface area contributed by atoms with Gasteiger partial charge in [-0.15, -0.1) is 11.3 Å². The Hall–Kier alpha value is -1.26. The molecule has 0 aliphatic heterocycles. The van der Waals surface area contributed by atoms with Crippen molar-refractivity contribution < 1.29 is 0 Å². The molecule has 0 saturated carbocycles. The highest BCUT2D eigenvalue weighted by molar-refractivity contribution is 7.12. The second-order valence-electron chi connectivity index (χ2n) is 4.19. The van der Waals surface area contributed by atoms with Crippen molar-refractivity contribution in [3.63, 3.8) is 0 Å². The molecule has 90 valence electrons. The maximum atomic E-state index is 4.06. The van der Waals surface area contributed by atoms with Crippen LogP contribution in [0.15, 0.2) is 24.4 Å². The van der Waals surface area contributed by atoms with Crippen LogP contribution in [0, 0.1) is 13.8 Å². The van der Waals surface area contributed by atoms with Crippen LogP contribution in [0.2, 0.25) is 0 Å². The molecule has 2 aromatic rings. The summed E-state index contributed by atoms with van der Waals surface area (Å²) in [4.78, 5) is 2.76. The summed E-state index contributed by atoms with van der Waals surface area (Å²) in [5.74, 6) is 0. The van der Waals surface area contributed by atoms with Gasteiger partial charge in [-0.05, 0) is 44.5 Å². The Morgan fingerprint density at radius 2 is 2.24 bits per heavy atom. The van der Waals surface area contributed by atoms with Crippen molar-refractivity contribution in [1.82, 2.24) is 15.5 Å². The molecule has 0 saturated heterocycles. The van der Waals surface area contributed by atoms with E-state index in [1.165, 1.54) is 15.3 Å². The summed E-state index contributed by atoms with van der Waals surface area (Å²) in [6.45, 7) is 7.26. The van der Waals surface area contributed by atoms with Gasteiger partial charge in [-0.2, -0.15) is 10.2 Å². The fraction of sp³-hybridized carbons (Fsp3) is 0.385. The van der Waals surface area contributed by atoms with Crippen LogP contribution < -0.4 is 5.32 Å². The Bertz CT molecular complexity index is 479. The second kappa shape index (κ2) is 5.38. The molecule has 17 heavy (non-hydrogen) atoms. The predicted octanol–water partition coefficient (Wildman–Crippen LogP) is 3.01. The number of aromatic nitrogens is 2. The Kier molecular flexibility index (Phi) is 3.86. The average Bonchev–Trinajstić information content (AvgIpc) is 2.67. The van der Waals surface area contributed by atoms with E-state index in [1.807, 2.05) is 23.5 Å². The number of aryl methyl sites for hydroxylation is 2. The normalized spacial score (nSPS) is 12.6. The predicted molar refractivity (Wildman–Crippen MR) is 71.1 cm³/mol.